The molecule has 33 heavy (non-hydrogen) atoms. The highest BCUT2D eigenvalue weighted by Crippen LogP contribution is 2.38. The molecule has 2 aliphatic heterocycles. The number of para-hydroxylation sites is 2. The summed E-state index contributed by atoms with van der Waals surface area (Å²) in [6.45, 7) is 6.29. The Balaban J connectivity index is 1.35. The molecule has 168 valence electrons. The second kappa shape index (κ2) is 8.98. The van der Waals surface area contributed by atoms with Crippen LogP contribution < -0.4 is 4.74 Å². The summed E-state index contributed by atoms with van der Waals surface area (Å²) in [6, 6.07) is 23.7. The summed E-state index contributed by atoms with van der Waals surface area (Å²) in [4.78, 5) is 21.8. The van der Waals surface area contributed by atoms with Gasteiger partial charge in [-0.3, -0.25) is 0 Å². The zero-order chi connectivity index (χ0) is 22.8. The number of ether oxygens (including phenoxy) is 2. The highest BCUT2D eigenvalue weighted by Gasteiger charge is 2.32. The molecule has 1 saturated heterocycles. The predicted octanol–water partition coefficient (Wildman–Crippen LogP) is 5.52. The third-order valence-corrected chi connectivity index (χ3v) is 6.05. The quantitative estimate of drug-likeness (QED) is 0.525. The van der Waals surface area contributed by atoms with Crippen LogP contribution in [0, 0.1) is 6.92 Å². The highest BCUT2D eigenvalue weighted by molar-refractivity contribution is 6.04. The molecule has 0 aliphatic carbocycles. The number of nitrogens with zero attached hydrogens (tertiary/aromatic N) is 3. The van der Waals surface area contributed by atoms with Gasteiger partial charge in [0, 0.05) is 25.7 Å². The van der Waals surface area contributed by atoms with Crippen LogP contribution in [0.5, 0.6) is 11.5 Å². The van der Waals surface area contributed by atoms with Crippen molar-refractivity contribution in [1.29, 1.82) is 0 Å². The van der Waals surface area contributed by atoms with Crippen LogP contribution in [0.25, 0.3) is 0 Å². The van der Waals surface area contributed by atoms with Crippen molar-refractivity contribution in [2.75, 3.05) is 19.6 Å². The molecule has 1 fully saturated rings. The van der Waals surface area contributed by atoms with Gasteiger partial charge in [0.2, 0.25) is 0 Å². The Morgan fingerprint density at radius 1 is 1.03 bits per heavy atom. The molecule has 0 aromatic heterocycles. The first-order chi connectivity index (χ1) is 16.1. The van der Waals surface area contributed by atoms with Gasteiger partial charge in [-0.05, 0) is 43.7 Å². The summed E-state index contributed by atoms with van der Waals surface area (Å²) < 4.78 is 11.8. The van der Waals surface area contributed by atoms with Gasteiger partial charge in [0.15, 0.2) is 5.75 Å². The molecular formula is C27H27N3O3. The van der Waals surface area contributed by atoms with Gasteiger partial charge in [-0.25, -0.2) is 9.79 Å². The van der Waals surface area contributed by atoms with Crippen molar-refractivity contribution in [3.8, 4) is 11.5 Å². The van der Waals surface area contributed by atoms with E-state index in [-0.39, 0.29) is 18.7 Å². The third kappa shape index (κ3) is 4.42. The Hall–Kier alpha value is -3.80. The molecule has 0 unspecified atom stereocenters. The summed E-state index contributed by atoms with van der Waals surface area (Å²) in [5.41, 5.74) is 3.90. The number of benzene rings is 3. The Morgan fingerprint density at radius 3 is 2.64 bits per heavy atom. The van der Waals surface area contributed by atoms with Crippen molar-refractivity contribution >= 4 is 17.6 Å². The Kier molecular flexibility index (Phi) is 5.73. The molecule has 3 aromatic rings. The summed E-state index contributed by atoms with van der Waals surface area (Å²) in [6.07, 6.45) is -0.279. The first-order valence-corrected chi connectivity index (χ1v) is 11.3. The summed E-state index contributed by atoms with van der Waals surface area (Å²) in [5.74, 6) is 2.42. The molecule has 3 aromatic carbocycles. The van der Waals surface area contributed by atoms with Crippen LogP contribution in [0.15, 0.2) is 77.8 Å². The number of hydrogen-bond donors (Lipinski definition) is 0. The molecule has 2 heterocycles. The van der Waals surface area contributed by atoms with E-state index in [9.17, 15) is 4.79 Å². The van der Waals surface area contributed by atoms with Gasteiger partial charge in [-0.15, -0.1) is 0 Å². The van der Waals surface area contributed by atoms with Crippen LogP contribution in [0.4, 0.5) is 10.5 Å². The van der Waals surface area contributed by atoms with E-state index >= 15 is 0 Å². The number of aliphatic imine (C=N–C) groups is 1. The minimum atomic E-state index is -0.279. The SMILES string of the molecule is Cc1ccc2c(c1)C(N1CCN(C(=O)OCc3ccccc3)[C@@H](C)C1)=Nc1ccccc1O2. The maximum Gasteiger partial charge on any atom is 0.410 e. The highest BCUT2D eigenvalue weighted by atomic mass is 16.6. The van der Waals surface area contributed by atoms with Crippen molar-refractivity contribution in [1.82, 2.24) is 9.80 Å². The largest absolute Gasteiger partial charge is 0.454 e. The molecule has 0 saturated carbocycles. The lowest BCUT2D eigenvalue weighted by Gasteiger charge is -2.40. The molecule has 2 aliphatic rings. The van der Waals surface area contributed by atoms with Crippen LogP contribution in [-0.4, -0.2) is 47.4 Å². The minimum Gasteiger partial charge on any atom is -0.454 e. The molecule has 6 heteroatoms. The fourth-order valence-corrected chi connectivity index (χ4v) is 4.30. The normalized spacial score (nSPS) is 17.3. The summed E-state index contributed by atoms with van der Waals surface area (Å²) in [7, 11) is 0. The lowest BCUT2D eigenvalue weighted by molar-refractivity contribution is 0.0624. The van der Waals surface area contributed by atoms with Crippen LogP contribution in [0.1, 0.15) is 23.6 Å². The third-order valence-electron chi connectivity index (χ3n) is 6.05. The molecule has 0 radical (unpaired) electrons. The van der Waals surface area contributed by atoms with E-state index in [2.05, 4.69) is 24.8 Å². The van der Waals surface area contributed by atoms with E-state index in [1.54, 1.807) is 4.90 Å². The van der Waals surface area contributed by atoms with E-state index in [4.69, 9.17) is 14.5 Å². The van der Waals surface area contributed by atoms with E-state index in [1.807, 2.05) is 66.7 Å². The topological polar surface area (TPSA) is 54.4 Å². The molecule has 0 N–H and O–H groups in total. The Labute approximate surface area is 194 Å². The number of hydrogen-bond acceptors (Lipinski definition) is 5. The minimum absolute atomic E-state index is 0.0163. The van der Waals surface area contributed by atoms with Crippen molar-refractivity contribution in [3.05, 3.63) is 89.5 Å². The molecule has 5 rings (SSSR count). The number of fused-ring (bicyclic) bond motifs is 2. The van der Waals surface area contributed by atoms with Crippen molar-refractivity contribution in [2.45, 2.75) is 26.5 Å². The number of carbonyl (C=O) groups excluding carboxylic acids is 1. The smallest absolute Gasteiger partial charge is 0.410 e. The van der Waals surface area contributed by atoms with Gasteiger partial charge < -0.3 is 19.3 Å². The maximum atomic E-state index is 12.8. The number of amides is 1. The number of rotatable bonds is 2. The molecular weight excluding hydrogens is 414 g/mol. The Bertz CT molecular complexity index is 1190. The number of piperazine rings is 1. The van der Waals surface area contributed by atoms with Gasteiger partial charge in [0.25, 0.3) is 0 Å². The summed E-state index contributed by atoms with van der Waals surface area (Å²) in [5, 5.41) is 0. The van der Waals surface area contributed by atoms with Crippen LogP contribution in [-0.2, 0) is 11.3 Å². The molecule has 6 nitrogen and oxygen atoms in total. The van der Waals surface area contributed by atoms with Crippen LogP contribution in [0.2, 0.25) is 0 Å². The number of carbonyl (C=O) groups is 1. The van der Waals surface area contributed by atoms with E-state index < -0.39 is 0 Å². The molecule has 1 amide bonds. The van der Waals surface area contributed by atoms with E-state index in [0.29, 0.717) is 19.6 Å². The Morgan fingerprint density at radius 2 is 1.82 bits per heavy atom. The van der Waals surface area contributed by atoms with Gasteiger partial charge in [0.1, 0.15) is 23.9 Å². The first kappa shape index (κ1) is 21.1. The lowest BCUT2D eigenvalue weighted by Crippen LogP contribution is -2.55. The van der Waals surface area contributed by atoms with E-state index in [1.165, 1.54) is 0 Å². The van der Waals surface area contributed by atoms with Crippen molar-refractivity contribution < 1.29 is 14.3 Å². The van der Waals surface area contributed by atoms with E-state index in [0.717, 1.165) is 39.7 Å². The number of amidine groups is 1. The second-order valence-corrected chi connectivity index (χ2v) is 8.53. The average Bonchev–Trinajstić information content (AvgIpc) is 2.99. The molecule has 0 spiro atoms. The molecule has 1 atom stereocenters. The first-order valence-electron chi connectivity index (χ1n) is 11.3. The fraction of sp³-hybridized carbons (Fsp3) is 0.259. The fourth-order valence-electron chi connectivity index (χ4n) is 4.30. The summed E-state index contributed by atoms with van der Waals surface area (Å²) >= 11 is 0. The van der Waals surface area contributed by atoms with Crippen LogP contribution >= 0.6 is 0 Å². The van der Waals surface area contributed by atoms with Crippen LogP contribution in [0.3, 0.4) is 0 Å². The zero-order valence-corrected chi connectivity index (χ0v) is 18.9. The van der Waals surface area contributed by atoms with Gasteiger partial charge in [0.05, 0.1) is 5.56 Å². The second-order valence-electron chi connectivity index (χ2n) is 8.53. The maximum absolute atomic E-state index is 12.8. The standard InChI is InChI=1S/C27H27N3O3/c1-19-12-13-24-22(16-19)26(28-23-10-6-7-11-25(23)33-24)29-14-15-30(20(2)17-29)27(31)32-18-21-8-4-3-5-9-21/h3-13,16,20H,14-15,17-18H2,1-2H3/t20-/m0/s1. The predicted molar refractivity (Wildman–Crippen MR) is 128 cm³/mol. The van der Waals surface area contributed by atoms with Crippen molar-refractivity contribution in [3.63, 3.8) is 0 Å². The van der Waals surface area contributed by atoms with Gasteiger partial charge in [-0.2, -0.15) is 0 Å². The van der Waals surface area contributed by atoms with Crippen molar-refractivity contribution in [2.24, 2.45) is 4.99 Å². The number of aryl methyl sites for hydroxylation is 1. The zero-order valence-electron chi connectivity index (χ0n) is 18.9. The monoisotopic (exact) mass is 441 g/mol. The lowest BCUT2D eigenvalue weighted by atomic mass is 10.1. The molecule has 0 bridgehead atoms. The van der Waals surface area contributed by atoms with Gasteiger partial charge >= 0.3 is 6.09 Å². The van der Waals surface area contributed by atoms with Gasteiger partial charge in [-0.1, -0.05) is 54.1 Å². The average molecular weight is 442 g/mol.